The number of hydrogen-bond acceptors (Lipinski definition) is 2. The number of rotatable bonds is 3. The highest BCUT2D eigenvalue weighted by atomic mass is 16.2. The quantitative estimate of drug-likeness (QED) is 0.782. The van der Waals surface area contributed by atoms with Crippen molar-refractivity contribution in [3.05, 3.63) is 35.4 Å². The summed E-state index contributed by atoms with van der Waals surface area (Å²) in [5.74, 6) is 0.117. The zero-order valence-electron chi connectivity index (χ0n) is 10.1. The molecule has 2 rings (SSSR count). The van der Waals surface area contributed by atoms with E-state index >= 15 is 0 Å². The molecule has 1 saturated carbocycles. The third-order valence-corrected chi connectivity index (χ3v) is 3.17. The van der Waals surface area contributed by atoms with Crippen molar-refractivity contribution in [1.82, 2.24) is 10.4 Å². The summed E-state index contributed by atoms with van der Waals surface area (Å²) in [6, 6.07) is 8.15. The number of nitrogens with one attached hydrogen (secondary N) is 1. The lowest BCUT2D eigenvalue weighted by Crippen LogP contribution is -2.43. The molecule has 1 aliphatic rings. The van der Waals surface area contributed by atoms with Crippen LogP contribution in [0.2, 0.25) is 0 Å². The molecule has 0 unspecified atom stereocenters. The molecular weight excluding hydrogens is 200 g/mol. The number of amides is 1. The lowest BCUT2D eigenvalue weighted by molar-refractivity contribution is -0.127. The highest BCUT2D eigenvalue weighted by Gasteiger charge is 2.52. The van der Waals surface area contributed by atoms with Crippen LogP contribution >= 0.6 is 0 Å². The van der Waals surface area contributed by atoms with Gasteiger partial charge in [-0.3, -0.25) is 10.2 Å². The minimum atomic E-state index is -0.268. The fourth-order valence-corrected chi connectivity index (χ4v) is 2.16. The van der Waals surface area contributed by atoms with Crippen LogP contribution in [0.25, 0.3) is 0 Å². The molecule has 1 N–H and O–H groups in total. The molecule has 3 nitrogen and oxygen atoms in total. The Morgan fingerprint density at radius 3 is 2.44 bits per heavy atom. The highest BCUT2D eigenvalue weighted by Crippen LogP contribution is 2.49. The van der Waals surface area contributed by atoms with E-state index in [1.165, 1.54) is 11.1 Å². The first kappa shape index (κ1) is 11.1. The Bertz CT molecular complexity index is 408. The van der Waals surface area contributed by atoms with Gasteiger partial charge in [0.2, 0.25) is 5.91 Å². The minimum absolute atomic E-state index is 0.117. The smallest absolute Gasteiger partial charge is 0.244 e. The first-order valence-corrected chi connectivity index (χ1v) is 5.61. The van der Waals surface area contributed by atoms with Gasteiger partial charge in [-0.05, 0) is 30.9 Å². The fourth-order valence-electron chi connectivity index (χ4n) is 2.16. The Morgan fingerprint density at radius 1 is 1.31 bits per heavy atom. The van der Waals surface area contributed by atoms with E-state index in [-0.39, 0.29) is 11.3 Å². The number of carbonyl (C=O) groups excluding carboxylic acids is 1. The maximum absolute atomic E-state index is 12.1. The summed E-state index contributed by atoms with van der Waals surface area (Å²) < 4.78 is 0. The molecule has 0 aromatic heterocycles. The van der Waals surface area contributed by atoms with Crippen LogP contribution in [0.4, 0.5) is 0 Å². The van der Waals surface area contributed by atoms with Crippen LogP contribution in [0.15, 0.2) is 24.3 Å². The topological polar surface area (TPSA) is 32.3 Å². The number of hydrazine groups is 1. The average molecular weight is 218 g/mol. The van der Waals surface area contributed by atoms with Gasteiger partial charge in [-0.2, -0.15) is 0 Å². The summed E-state index contributed by atoms with van der Waals surface area (Å²) in [6.07, 6.45) is 1.91. The molecule has 1 aliphatic carbocycles. The number of carbonyl (C=O) groups is 1. The molecule has 0 atom stereocenters. The van der Waals surface area contributed by atoms with Gasteiger partial charge in [0.15, 0.2) is 0 Å². The maximum atomic E-state index is 12.1. The molecule has 0 aliphatic heterocycles. The summed E-state index contributed by atoms with van der Waals surface area (Å²) in [5, 5.41) is 1.71. The van der Waals surface area contributed by atoms with Gasteiger partial charge in [0, 0.05) is 14.1 Å². The van der Waals surface area contributed by atoms with Crippen molar-refractivity contribution in [2.45, 2.75) is 25.2 Å². The van der Waals surface area contributed by atoms with Crippen LogP contribution in [-0.4, -0.2) is 25.0 Å². The van der Waals surface area contributed by atoms with E-state index in [2.05, 4.69) is 24.5 Å². The second-order valence-corrected chi connectivity index (χ2v) is 4.73. The van der Waals surface area contributed by atoms with E-state index in [9.17, 15) is 4.79 Å². The van der Waals surface area contributed by atoms with Gasteiger partial charge in [0.1, 0.15) is 0 Å². The van der Waals surface area contributed by atoms with Crippen molar-refractivity contribution in [3.8, 4) is 0 Å². The third kappa shape index (κ3) is 1.83. The Hall–Kier alpha value is -1.35. The zero-order chi connectivity index (χ0) is 11.8. The van der Waals surface area contributed by atoms with E-state index in [1.54, 1.807) is 5.01 Å². The number of aryl methyl sites for hydroxylation is 1. The van der Waals surface area contributed by atoms with Crippen molar-refractivity contribution in [2.24, 2.45) is 0 Å². The van der Waals surface area contributed by atoms with Crippen molar-refractivity contribution >= 4 is 5.91 Å². The molecule has 0 saturated heterocycles. The predicted octanol–water partition coefficient (Wildman–Crippen LogP) is 1.62. The van der Waals surface area contributed by atoms with Gasteiger partial charge < -0.3 is 0 Å². The molecule has 0 heterocycles. The van der Waals surface area contributed by atoms with Gasteiger partial charge in [0.05, 0.1) is 5.41 Å². The Morgan fingerprint density at radius 2 is 1.94 bits per heavy atom. The van der Waals surface area contributed by atoms with Crippen LogP contribution in [-0.2, 0) is 10.2 Å². The van der Waals surface area contributed by atoms with Gasteiger partial charge in [0.25, 0.3) is 0 Å². The van der Waals surface area contributed by atoms with Crippen molar-refractivity contribution < 1.29 is 4.79 Å². The summed E-state index contributed by atoms with van der Waals surface area (Å²) in [6.45, 7) is 2.07. The van der Waals surface area contributed by atoms with E-state index in [0.29, 0.717) is 0 Å². The van der Waals surface area contributed by atoms with Crippen molar-refractivity contribution in [1.29, 1.82) is 0 Å². The molecular formula is C13H18N2O. The van der Waals surface area contributed by atoms with Crippen LogP contribution in [0.3, 0.4) is 0 Å². The van der Waals surface area contributed by atoms with E-state index in [4.69, 9.17) is 0 Å². The summed E-state index contributed by atoms with van der Waals surface area (Å²) in [7, 11) is 3.68. The maximum Gasteiger partial charge on any atom is 0.244 e. The molecule has 1 aromatic carbocycles. The Labute approximate surface area is 96.4 Å². The minimum Gasteiger partial charge on any atom is -0.289 e. The second kappa shape index (κ2) is 3.91. The lowest BCUT2D eigenvalue weighted by Gasteiger charge is -2.20. The predicted molar refractivity (Wildman–Crippen MR) is 63.9 cm³/mol. The third-order valence-electron chi connectivity index (χ3n) is 3.17. The standard InChI is InChI=1S/C13H18N2O/c1-10-6-4-5-7-11(10)13(8-9-13)12(16)14-15(2)3/h4-7H,8-9H2,1-3H3,(H,14,16). The number of nitrogens with zero attached hydrogens (tertiary/aromatic N) is 1. The van der Waals surface area contributed by atoms with E-state index < -0.39 is 0 Å². The molecule has 0 spiro atoms. The first-order chi connectivity index (χ1) is 7.56. The van der Waals surface area contributed by atoms with E-state index in [0.717, 1.165) is 12.8 Å². The largest absolute Gasteiger partial charge is 0.289 e. The van der Waals surface area contributed by atoms with Crippen molar-refractivity contribution in [2.75, 3.05) is 14.1 Å². The highest BCUT2D eigenvalue weighted by molar-refractivity contribution is 5.91. The van der Waals surface area contributed by atoms with Gasteiger partial charge >= 0.3 is 0 Å². The second-order valence-electron chi connectivity index (χ2n) is 4.73. The zero-order valence-corrected chi connectivity index (χ0v) is 10.1. The lowest BCUT2D eigenvalue weighted by atomic mass is 9.91. The van der Waals surface area contributed by atoms with Crippen LogP contribution in [0.5, 0.6) is 0 Å². The monoisotopic (exact) mass is 218 g/mol. The number of hydrogen-bond donors (Lipinski definition) is 1. The molecule has 86 valence electrons. The average Bonchev–Trinajstić information content (AvgIpc) is 2.98. The van der Waals surface area contributed by atoms with Crippen LogP contribution in [0.1, 0.15) is 24.0 Å². The fraction of sp³-hybridized carbons (Fsp3) is 0.462. The molecule has 1 aromatic rings. The molecule has 16 heavy (non-hydrogen) atoms. The molecule has 1 fully saturated rings. The normalized spacial score (nSPS) is 17.2. The Balaban J connectivity index is 2.27. The summed E-state index contributed by atoms with van der Waals surface area (Å²) >= 11 is 0. The first-order valence-electron chi connectivity index (χ1n) is 5.61. The summed E-state index contributed by atoms with van der Waals surface area (Å²) in [4.78, 5) is 12.1. The Kier molecular flexibility index (Phi) is 2.72. The van der Waals surface area contributed by atoms with Crippen LogP contribution in [0, 0.1) is 6.92 Å². The van der Waals surface area contributed by atoms with E-state index in [1.807, 2.05) is 26.2 Å². The molecule has 1 amide bonds. The SMILES string of the molecule is Cc1ccccc1C1(C(=O)NN(C)C)CC1. The molecule has 3 heteroatoms. The molecule has 0 radical (unpaired) electrons. The van der Waals surface area contributed by atoms with Gasteiger partial charge in [-0.15, -0.1) is 0 Å². The van der Waals surface area contributed by atoms with Gasteiger partial charge in [-0.25, -0.2) is 5.01 Å². The summed E-state index contributed by atoms with van der Waals surface area (Å²) in [5.41, 5.74) is 4.98. The molecule has 0 bridgehead atoms. The number of benzene rings is 1. The van der Waals surface area contributed by atoms with Crippen LogP contribution < -0.4 is 5.43 Å². The van der Waals surface area contributed by atoms with Crippen molar-refractivity contribution in [3.63, 3.8) is 0 Å². The van der Waals surface area contributed by atoms with Gasteiger partial charge in [-0.1, -0.05) is 24.3 Å².